The van der Waals surface area contributed by atoms with E-state index >= 15 is 0 Å². The summed E-state index contributed by atoms with van der Waals surface area (Å²) in [4.78, 5) is 28.3. The monoisotopic (exact) mass is 475 g/mol. The molecule has 0 aliphatic carbocycles. The number of aliphatic carboxylic acids is 1. The second kappa shape index (κ2) is 11.2. The maximum atomic E-state index is 12.4. The van der Waals surface area contributed by atoms with E-state index in [4.69, 9.17) is 16.0 Å². The number of nitrogens with zero attached hydrogens (tertiary/aromatic N) is 1. The number of hydrogen-bond donors (Lipinski definition) is 5. The van der Waals surface area contributed by atoms with Gasteiger partial charge >= 0.3 is 5.97 Å². The SMILES string of the molecule is CC(=NOCC(=O)NC[C@H](NS(=O)(=O)c1cccc(C)c1)C(=O)O)c1ccc(C(=N)N)cc1. The number of carbonyl (C=O) groups excluding carboxylic acids is 1. The van der Waals surface area contributed by atoms with Crippen LogP contribution in [0.1, 0.15) is 23.6 Å². The van der Waals surface area contributed by atoms with Crippen LogP contribution in [0.5, 0.6) is 0 Å². The molecule has 0 aromatic heterocycles. The highest BCUT2D eigenvalue weighted by molar-refractivity contribution is 7.89. The Labute approximate surface area is 191 Å². The Morgan fingerprint density at radius 1 is 1.18 bits per heavy atom. The molecule has 0 fully saturated rings. The van der Waals surface area contributed by atoms with Crippen molar-refractivity contribution in [3.8, 4) is 0 Å². The lowest BCUT2D eigenvalue weighted by atomic mass is 10.1. The van der Waals surface area contributed by atoms with E-state index in [1.807, 2.05) is 0 Å². The minimum Gasteiger partial charge on any atom is -0.480 e. The molecule has 0 aliphatic heterocycles. The third kappa shape index (κ3) is 7.70. The number of amides is 1. The number of oxime groups is 1. The number of benzene rings is 2. The van der Waals surface area contributed by atoms with Gasteiger partial charge in [0, 0.05) is 12.1 Å². The van der Waals surface area contributed by atoms with Gasteiger partial charge < -0.3 is 21.0 Å². The van der Waals surface area contributed by atoms with E-state index in [0.29, 0.717) is 22.4 Å². The fourth-order valence-electron chi connectivity index (χ4n) is 2.62. The van der Waals surface area contributed by atoms with Gasteiger partial charge in [0.05, 0.1) is 10.6 Å². The average Bonchev–Trinajstić information content (AvgIpc) is 2.76. The van der Waals surface area contributed by atoms with Crippen molar-refractivity contribution in [3.05, 3.63) is 65.2 Å². The summed E-state index contributed by atoms with van der Waals surface area (Å²) in [6.07, 6.45) is 0. The highest BCUT2D eigenvalue weighted by Crippen LogP contribution is 2.11. The van der Waals surface area contributed by atoms with E-state index in [-0.39, 0.29) is 10.7 Å². The molecule has 0 saturated carbocycles. The van der Waals surface area contributed by atoms with Crippen molar-refractivity contribution in [3.63, 3.8) is 0 Å². The molecule has 33 heavy (non-hydrogen) atoms. The summed E-state index contributed by atoms with van der Waals surface area (Å²) in [5.41, 5.74) is 7.81. The van der Waals surface area contributed by atoms with Crippen LogP contribution in [0.2, 0.25) is 0 Å². The first kappa shape index (κ1) is 25.5. The number of nitrogens with one attached hydrogen (secondary N) is 3. The number of hydrogen-bond acceptors (Lipinski definition) is 7. The van der Waals surface area contributed by atoms with Crippen LogP contribution in [-0.4, -0.2) is 56.1 Å². The van der Waals surface area contributed by atoms with Gasteiger partial charge in [0.2, 0.25) is 10.0 Å². The van der Waals surface area contributed by atoms with Gasteiger partial charge in [0.15, 0.2) is 6.61 Å². The molecule has 0 radical (unpaired) electrons. The molecule has 0 saturated heterocycles. The summed E-state index contributed by atoms with van der Waals surface area (Å²) < 4.78 is 26.9. The van der Waals surface area contributed by atoms with Crippen LogP contribution in [0, 0.1) is 12.3 Å². The number of carbonyl (C=O) groups is 2. The van der Waals surface area contributed by atoms with Crippen LogP contribution in [0.25, 0.3) is 0 Å². The van der Waals surface area contributed by atoms with Crippen molar-refractivity contribution in [2.45, 2.75) is 24.8 Å². The first-order valence-electron chi connectivity index (χ1n) is 9.69. The van der Waals surface area contributed by atoms with Crippen LogP contribution < -0.4 is 15.8 Å². The number of nitrogens with two attached hydrogens (primary N) is 1. The van der Waals surface area contributed by atoms with Crippen molar-refractivity contribution >= 4 is 33.4 Å². The molecule has 2 rings (SSSR count). The fraction of sp³-hybridized carbons (Fsp3) is 0.238. The zero-order chi connectivity index (χ0) is 24.6. The van der Waals surface area contributed by atoms with Crippen molar-refractivity contribution in [1.29, 1.82) is 5.41 Å². The minimum atomic E-state index is -4.10. The number of carboxylic acids is 1. The van der Waals surface area contributed by atoms with Crippen LogP contribution in [-0.2, 0) is 24.4 Å². The summed E-state index contributed by atoms with van der Waals surface area (Å²) in [5, 5.41) is 22.8. The predicted octanol–water partition coefficient (Wildman–Crippen LogP) is 0.568. The molecule has 0 bridgehead atoms. The number of carboxylic acid groups (broad SMARTS) is 1. The normalized spacial score (nSPS) is 12.6. The quantitative estimate of drug-likeness (QED) is 0.179. The summed E-state index contributed by atoms with van der Waals surface area (Å²) >= 11 is 0. The molecule has 0 aliphatic rings. The highest BCUT2D eigenvalue weighted by Gasteiger charge is 2.26. The Balaban J connectivity index is 1.90. The second-order valence-corrected chi connectivity index (χ2v) is 8.79. The van der Waals surface area contributed by atoms with Crippen molar-refractivity contribution in [2.24, 2.45) is 10.9 Å². The highest BCUT2D eigenvalue weighted by atomic mass is 32.2. The molecule has 12 heteroatoms. The van der Waals surface area contributed by atoms with E-state index in [0.717, 1.165) is 0 Å². The average molecular weight is 476 g/mol. The predicted molar refractivity (Wildman–Crippen MR) is 122 cm³/mol. The minimum absolute atomic E-state index is 0.0649. The summed E-state index contributed by atoms with van der Waals surface area (Å²) in [7, 11) is -4.10. The smallest absolute Gasteiger partial charge is 0.323 e. The molecule has 11 nitrogen and oxygen atoms in total. The first-order chi connectivity index (χ1) is 15.5. The summed E-state index contributed by atoms with van der Waals surface area (Å²) in [5.74, 6) is -2.19. The molecule has 2 aromatic rings. The molecule has 176 valence electrons. The lowest BCUT2D eigenvalue weighted by Gasteiger charge is -2.15. The number of amidine groups is 1. The van der Waals surface area contributed by atoms with Crippen LogP contribution in [0.4, 0.5) is 0 Å². The Hall–Kier alpha value is -3.77. The fourth-order valence-corrected chi connectivity index (χ4v) is 3.91. The number of nitrogen functional groups attached to an aromatic ring is 1. The third-order valence-electron chi connectivity index (χ3n) is 4.41. The van der Waals surface area contributed by atoms with Gasteiger partial charge in [-0.3, -0.25) is 15.0 Å². The number of sulfonamides is 1. The molecule has 6 N–H and O–H groups in total. The summed E-state index contributed by atoms with van der Waals surface area (Å²) in [6, 6.07) is 11.1. The van der Waals surface area contributed by atoms with E-state index in [1.165, 1.54) is 12.1 Å². The van der Waals surface area contributed by atoms with Crippen LogP contribution in [0.3, 0.4) is 0 Å². The summed E-state index contributed by atoms with van der Waals surface area (Å²) in [6.45, 7) is 2.37. The molecule has 0 spiro atoms. The second-order valence-electron chi connectivity index (χ2n) is 7.07. The Morgan fingerprint density at radius 3 is 2.39 bits per heavy atom. The first-order valence-corrected chi connectivity index (χ1v) is 11.2. The number of rotatable bonds is 11. The Morgan fingerprint density at radius 2 is 1.82 bits per heavy atom. The van der Waals surface area contributed by atoms with E-state index < -0.39 is 41.1 Å². The lowest BCUT2D eigenvalue weighted by molar-refractivity contribution is -0.139. The third-order valence-corrected chi connectivity index (χ3v) is 5.88. The van der Waals surface area contributed by atoms with Gasteiger partial charge in [0.1, 0.15) is 11.9 Å². The number of aryl methyl sites for hydroxylation is 1. The molecule has 1 atom stereocenters. The van der Waals surface area contributed by atoms with Crippen molar-refractivity contribution in [1.82, 2.24) is 10.0 Å². The lowest BCUT2D eigenvalue weighted by Crippen LogP contribution is -2.48. The molecule has 0 unspecified atom stereocenters. The zero-order valence-corrected chi connectivity index (χ0v) is 18.8. The van der Waals surface area contributed by atoms with E-state index in [2.05, 4.69) is 15.2 Å². The van der Waals surface area contributed by atoms with Crippen LogP contribution >= 0.6 is 0 Å². The maximum Gasteiger partial charge on any atom is 0.323 e. The van der Waals surface area contributed by atoms with Gasteiger partial charge in [0.25, 0.3) is 5.91 Å². The van der Waals surface area contributed by atoms with Gasteiger partial charge in [-0.15, -0.1) is 0 Å². The Bertz CT molecular complexity index is 1160. The largest absolute Gasteiger partial charge is 0.480 e. The van der Waals surface area contributed by atoms with Gasteiger partial charge in [-0.1, -0.05) is 41.6 Å². The topological polar surface area (TPSA) is 184 Å². The standard InChI is InChI=1S/C21H25N5O6S/c1-13-4-3-5-17(10-13)33(30,31)26-18(21(28)29)11-24-19(27)12-32-25-14(2)15-6-8-16(9-7-15)20(22)23/h3-10,18,26H,11-12H2,1-2H3,(H3,22,23)(H,24,27)(H,28,29)/t18-/m0/s1. The zero-order valence-electron chi connectivity index (χ0n) is 18.0. The maximum absolute atomic E-state index is 12.4. The molecular weight excluding hydrogens is 450 g/mol. The van der Waals surface area contributed by atoms with Crippen LogP contribution in [0.15, 0.2) is 58.6 Å². The van der Waals surface area contributed by atoms with Gasteiger partial charge in [-0.25, -0.2) is 8.42 Å². The molecule has 1 amide bonds. The molecule has 2 aromatic carbocycles. The van der Waals surface area contributed by atoms with Crippen molar-refractivity contribution < 1.29 is 28.0 Å². The van der Waals surface area contributed by atoms with E-state index in [1.54, 1.807) is 50.2 Å². The van der Waals surface area contributed by atoms with E-state index in [9.17, 15) is 23.1 Å². The van der Waals surface area contributed by atoms with Gasteiger partial charge in [-0.2, -0.15) is 4.72 Å². The van der Waals surface area contributed by atoms with Crippen molar-refractivity contribution in [2.75, 3.05) is 13.2 Å². The van der Waals surface area contributed by atoms with Gasteiger partial charge in [-0.05, 0) is 37.1 Å². The Kier molecular flexibility index (Phi) is 8.65. The molecular formula is C21H25N5O6S. The molecule has 0 heterocycles.